The summed E-state index contributed by atoms with van der Waals surface area (Å²) >= 11 is 0. The van der Waals surface area contributed by atoms with Gasteiger partial charge in [-0.25, -0.2) is 0 Å². The topological polar surface area (TPSA) is 80.9 Å². The van der Waals surface area contributed by atoms with Crippen molar-refractivity contribution in [1.29, 1.82) is 0 Å². The van der Waals surface area contributed by atoms with Crippen molar-refractivity contribution >= 4 is 14.2 Å². The highest BCUT2D eigenvalue weighted by atomic mass is 16.4. The van der Waals surface area contributed by atoms with Gasteiger partial charge in [0.2, 0.25) is 0 Å². The molecule has 0 amide bonds. The van der Waals surface area contributed by atoms with E-state index in [1.807, 2.05) is 0 Å². The molecule has 0 saturated carbocycles. The summed E-state index contributed by atoms with van der Waals surface area (Å²) in [5.74, 6) is 2.06. The average Bonchev–Trinajstić information content (AvgIpc) is 1.89. The summed E-state index contributed by atoms with van der Waals surface area (Å²) in [6.45, 7) is 6.12. The Labute approximate surface area is 60.4 Å². The molecule has 0 heterocycles. The van der Waals surface area contributed by atoms with Gasteiger partial charge in [-0.05, 0) is 0 Å². The van der Waals surface area contributed by atoms with Crippen LogP contribution in [0.1, 0.15) is 0 Å². The molecule has 0 unspecified atom stereocenters. The Hall–Kier alpha value is -0.550. The Morgan fingerprint density at radius 1 is 0.800 bits per heavy atom. The summed E-state index contributed by atoms with van der Waals surface area (Å²) in [5, 5.41) is 31.2. The van der Waals surface area contributed by atoms with Gasteiger partial charge in [-0.1, -0.05) is 12.0 Å². The Morgan fingerprint density at radius 3 is 0.900 bits per heavy atom. The number of rotatable bonds is 2. The highest BCUT2D eigenvalue weighted by molar-refractivity contribution is 6.47. The predicted octanol–water partition coefficient (Wildman–Crippen LogP) is -1.63. The first-order valence-electron chi connectivity index (χ1n) is 2.52. The lowest BCUT2D eigenvalue weighted by Gasteiger charge is -1.75. The molecular formula is C4H10B2O4. The van der Waals surface area contributed by atoms with Crippen LogP contribution in [-0.4, -0.2) is 34.3 Å². The summed E-state index contributed by atoms with van der Waals surface area (Å²) in [7, 11) is -2.70. The third-order valence-corrected chi connectivity index (χ3v) is 0.422. The third kappa shape index (κ3) is 26.0. The molecule has 0 radical (unpaired) electrons. The third-order valence-electron chi connectivity index (χ3n) is 0.422. The molecule has 0 atom stereocenters. The molecule has 10 heavy (non-hydrogen) atoms. The second kappa shape index (κ2) is 8.45. The van der Waals surface area contributed by atoms with Gasteiger partial charge in [-0.2, -0.15) is 0 Å². The van der Waals surface area contributed by atoms with Gasteiger partial charge in [0.15, 0.2) is 0 Å². The molecule has 0 aromatic heterocycles. The molecule has 4 nitrogen and oxygen atoms in total. The van der Waals surface area contributed by atoms with Crippen LogP contribution in [0.2, 0.25) is 0 Å². The largest absolute Gasteiger partial charge is 0.480 e. The fourth-order valence-electron chi connectivity index (χ4n) is 0. The minimum atomic E-state index is -1.35. The maximum Gasteiger partial charge on any atom is 0.480 e. The van der Waals surface area contributed by atoms with Crippen LogP contribution < -0.4 is 0 Å². The van der Waals surface area contributed by atoms with Crippen LogP contribution in [0.5, 0.6) is 0 Å². The predicted molar refractivity (Wildman–Crippen MR) is 40.8 cm³/mol. The van der Waals surface area contributed by atoms with E-state index in [9.17, 15) is 0 Å². The first kappa shape index (κ1) is 12.2. The van der Waals surface area contributed by atoms with Gasteiger partial charge in [0, 0.05) is 0 Å². The molecule has 6 heteroatoms. The summed E-state index contributed by atoms with van der Waals surface area (Å²) < 4.78 is 0. The minimum Gasteiger partial charge on any atom is -0.424 e. The van der Waals surface area contributed by atoms with E-state index in [4.69, 9.17) is 20.1 Å². The van der Waals surface area contributed by atoms with E-state index in [1.165, 1.54) is 0 Å². The maximum absolute atomic E-state index is 7.80. The van der Waals surface area contributed by atoms with Crippen molar-refractivity contribution in [2.24, 2.45) is 0 Å². The molecule has 0 rings (SSSR count). The van der Waals surface area contributed by atoms with Crippen molar-refractivity contribution in [3.8, 4) is 0 Å². The highest BCUT2D eigenvalue weighted by Crippen LogP contribution is 1.60. The van der Waals surface area contributed by atoms with E-state index in [1.54, 1.807) is 0 Å². The van der Waals surface area contributed by atoms with Crippen molar-refractivity contribution < 1.29 is 20.1 Å². The number of hydrogen-bond acceptors (Lipinski definition) is 4. The van der Waals surface area contributed by atoms with Crippen LogP contribution in [0, 0.1) is 0 Å². The van der Waals surface area contributed by atoms with Crippen LogP contribution in [0.15, 0.2) is 25.1 Å². The molecule has 0 aliphatic rings. The lowest BCUT2D eigenvalue weighted by molar-refractivity contribution is 0.423. The van der Waals surface area contributed by atoms with Gasteiger partial charge in [-0.15, -0.1) is 13.2 Å². The summed E-state index contributed by atoms with van der Waals surface area (Å²) in [6, 6.07) is 0. The van der Waals surface area contributed by atoms with Crippen LogP contribution in [0.4, 0.5) is 0 Å². The average molecular weight is 144 g/mol. The van der Waals surface area contributed by atoms with Crippen molar-refractivity contribution in [2.75, 3.05) is 0 Å². The fraction of sp³-hybridized carbons (Fsp3) is 0. The van der Waals surface area contributed by atoms with E-state index in [2.05, 4.69) is 13.2 Å². The first-order chi connectivity index (χ1) is 4.54. The second-order valence-corrected chi connectivity index (χ2v) is 1.30. The number of hydrogen-bond donors (Lipinski definition) is 4. The molecule has 0 aliphatic heterocycles. The molecule has 0 aromatic rings. The minimum absolute atomic E-state index is 1.03. The van der Waals surface area contributed by atoms with Crippen molar-refractivity contribution in [2.45, 2.75) is 0 Å². The Bertz CT molecular complexity index is 81.3. The van der Waals surface area contributed by atoms with Crippen molar-refractivity contribution in [1.82, 2.24) is 0 Å². The van der Waals surface area contributed by atoms with Gasteiger partial charge in [0.05, 0.1) is 0 Å². The normalized spacial score (nSPS) is 6.80. The molecule has 0 spiro atoms. The Morgan fingerprint density at radius 2 is 0.900 bits per heavy atom. The fourth-order valence-corrected chi connectivity index (χ4v) is 0. The van der Waals surface area contributed by atoms with Crippen LogP contribution in [-0.2, 0) is 0 Å². The highest BCUT2D eigenvalue weighted by Gasteiger charge is 1.92. The van der Waals surface area contributed by atoms with E-state index < -0.39 is 14.2 Å². The van der Waals surface area contributed by atoms with Crippen molar-refractivity contribution in [3.63, 3.8) is 0 Å². The Kier molecular flexibility index (Phi) is 10.3. The van der Waals surface area contributed by atoms with E-state index in [-0.39, 0.29) is 0 Å². The van der Waals surface area contributed by atoms with Crippen LogP contribution >= 0.6 is 0 Å². The lowest BCUT2D eigenvalue weighted by atomic mass is 9.94. The van der Waals surface area contributed by atoms with Gasteiger partial charge in [0.25, 0.3) is 0 Å². The van der Waals surface area contributed by atoms with E-state index in [0.717, 1.165) is 12.0 Å². The molecule has 0 saturated heterocycles. The molecule has 0 aromatic carbocycles. The van der Waals surface area contributed by atoms with Crippen molar-refractivity contribution in [3.05, 3.63) is 25.1 Å². The van der Waals surface area contributed by atoms with Gasteiger partial charge in [0.1, 0.15) is 0 Å². The van der Waals surface area contributed by atoms with E-state index >= 15 is 0 Å². The monoisotopic (exact) mass is 144 g/mol. The smallest absolute Gasteiger partial charge is 0.424 e. The van der Waals surface area contributed by atoms with Gasteiger partial charge in [-0.3, -0.25) is 0 Å². The first-order valence-corrected chi connectivity index (χ1v) is 2.52. The lowest BCUT2D eigenvalue weighted by Crippen LogP contribution is -2.03. The zero-order valence-electron chi connectivity index (χ0n) is 5.51. The van der Waals surface area contributed by atoms with Gasteiger partial charge < -0.3 is 20.1 Å². The molecule has 0 fully saturated rings. The molecule has 56 valence electrons. The summed E-state index contributed by atoms with van der Waals surface area (Å²) in [5.41, 5.74) is 0. The quantitative estimate of drug-likeness (QED) is 0.350. The molecular weight excluding hydrogens is 134 g/mol. The van der Waals surface area contributed by atoms with Crippen LogP contribution in [0.3, 0.4) is 0 Å². The second-order valence-electron chi connectivity index (χ2n) is 1.30. The summed E-state index contributed by atoms with van der Waals surface area (Å²) in [6.07, 6.45) is 0. The van der Waals surface area contributed by atoms with Gasteiger partial charge >= 0.3 is 14.2 Å². The van der Waals surface area contributed by atoms with E-state index in [0.29, 0.717) is 0 Å². The standard InChI is InChI=1S/2C2H5BO2/c2*1-2-3(4)5/h2*2,4-5H,1H2. The Balaban J connectivity index is 0. The van der Waals surface area contributed by atoms with Crippen LogP contribution in [0.25, 0.3) is 0 Å². The summed E-state index contributed by atoms with van der Waals surface area (Å²) in [4.78, 5) is 0. The zero-order valence-corrected chi connectivity index (χ0v) is 5.51. The molecule has 4 N–H and O–H groups in total. The zero-order chi connectivity index (χ0) is 8.57. The maximum atomic E-state index is 7.80. The molecule has 0 aliphatic carbocycles. The molecule has 0 bridgehead atoms. The SMILES string of the molecule is C=CB(O)O.C=CB(O)O.